The van der Waals surface area contributed by atoms with Gasteiger partial charge < -0.3 is 9.84 Å². The van der Waals surface area contributed by atoms with Gasteiger partial charge in [0.15, 0.2) is 0 Å². The third kappa shape index (κ3) is 5.59. The van der Waals surface area contributed by atoms with Crippen molar-refractivity contribution in [3.05, 3.63) is 119 Å². The number of carbonyl (C=O) groups is 1. The van der Waals surface area contributed by atoms with E-state index in [-0.39, 0.29) is 22.0 Å². The molecular formula is C26H18ClF3NO3P. The molecule has 0 fully saturated rings. The lowest BCUT2D eigenvalue weighted by Crippen LogP contribution is -2.21. The highest BCUT2D eigenvalue weighted by Gasteiger charge is 2.32. The number of rotatable bonds is 6. The van der Waals surface area contributed by atoms with Crippen LogP contribution in [0.2, 0.25) is 5.02 Å². The highest BCUT2D eigenvalue weighted by molar-refractivity contribution is 7.74. The molecule has 0 aromatic heterocycles. The third-order valence-electron chi connectivity index (χ3n) is 5.08. The first-order valence-corrected chi connectivity index (χ1v) is 12.4. The van der Waals surface area contributed by atoms with Gasteiger partial charge in [-0.3, -0.25) is 9.36 Å². The number of anilines is 1. The molecule has 0 aliphatic carbocycles. The van der Waals surface area contributed by atoms with Crippen LogP contribution in [0.3, 0.4) is 0 Å². The maximum Gasteiger partial charge on any atom is 0.416 e. The van der Waals surface area contributed by atoms with Gasteiger partial charge in [-0.15, -0.1) is 0 Å². The molecule has 4 aromatic carbocycles. The van der Waals surface area contributed by atoms with Crippen LogP contribution < -0.4 is 20.4 Å². The van der Waals surface area contributed by atoms with Crippen molar-refractivity contribution in [2.75, 3.05) is 5.32 Å². The van der Waals surface area contributed by atoms with Gasteiger partial charge in [0.2, 0.25) is 0 Å². The number of nitrogens with one attached hydrogen (secondary N) is 1. The molecule has 0 bridgehead atoms. The summed E-state index contributed by atoms with van der Waals surface area (Å²) in [4.78, 5) is 13.1. The van der Waals surface area contributed by atoms with Crippen molar-refractivity contribution in [1.82, 2.24) is 0 Å². The van der Waals surface area contributed by atoms with Crippen molar-refractivity contribution in [1.29, 1.82) is 0 Å². The van der Waals surface area contributed by atoms with E-state index in [1.165, 1.54) is 18.2 Å². The molecule has 4 nitrogen and oxygen atoms in total. The number of hydrogen-bond donors (Lipinski definition) is 1. The number of alkyl halides is 3. The zero-order chi connectivity index (χ0) is 25.1. The van der Waals surface area contributed by atoms with Crippen molar-refractivity contribution in [2.45, 2.75) is 6.18 Å². The molecule has 4 aromatic rings. The van der Waals surface area contributed by atoms with Crippen molar-refractivity contribution in [2.24, 2.45) is 0 Å². The molecule has 4 rings (SSSR count). The number of halogens is 4. The molecule has 0 spiro atoms. The fourth-order valence-corrected chi connectivity index (χ4v) is 5.59. The summed E-state index contributed by atoms with van der Waals surface area (Å²) in [6, 6.07) is 25.5. The topological polar surface area (TPSA) is 55.4 Å². The normalized spacial score (nSPS) is 11.7. The van der Waals surface area contributed by atoms with Crippen LogP contribution in [0.15, 0.2) is 103 Å². The molecule has 0 unspecified atom stereocenters. The maximum absolute atomic E-state index is 14.2. The summed E-state index contributed by atoms with van der Waals surface area (Å²) in [6.45, 7) is 0. The van der Waals surface area contributed by atoms with E-state index in [0.717, 1.165) is 24.3 Å². The second-order valence-corrected chi connectivity index (χ2v) is 10.2. The summed E-state index contributed by atoms with van der Waals surface area (Å²) < 4.78 is 58.8. The smallest absolute Gasteiger partial charge is 0.416 e. The Morgan fingerprint density at radius 1 is 0.800 bits per heavy atom. The van der Waals surface area contributed by atoms with E-state index in [0.29, 0.717) is 10.6 Å². The summed E-state index contributed by atoms with van der Waals surface area (Å²) in [5, 5.41) is 3.61. The van der Waals surface area contributed by atoms with Crippen molar-refractivity contribution < 1.29 is 27.1 Å². The molecule has 1 N–H and O–H groups in total. The van der Waals surface area contributed by atoms with Gasteiger partial charge in [0.05, 0.1) is 21.7 Å². The van der Waals surface area contributed by atoms with Gasteiger partial charge in [0.1, 0.15) is 5.75 Å². The average molecular weight is 516 g/mol. The van der Waals surface area contributed by atoms with Gasteiger partial charge in [0.25, 0.3) is 5.91 Å². The molecule has 0 radical (unpaired) electrons. The summed E-state index contributed by atoms with van der Waals surface area (Å²) in [5.74, 6) is -0.676. The molecule has 178 valence electrons. The van der Waals surface area contributed by atoms with Crippen molar-refractivity contribution >= 4 is 41.2 Å². The van der Waals surface area contributed by atoms with Crippen LogP contribution in [0, 0.1) is 0 Å². The standard InChI is InChI=1S/C26H18ClF3NO3P/c27-19-13-16-24(23(17-19)25(32)31-20-14-11-18(12-15-20)26(28,29)30)34-35(33,21-7-3-1-4-8-21)22-9-5-2-6-10-22/h1-17H,(H,31,32). The lowest BCUT2D eigenvalue weighted by Gasteiger charge is -2.22. The fourth-order valence-electron chi connectivity index (χ4n) is 3.34. The number of benzene rings is 4. The zero-order valence-electron chi connectivity index (χ0n) is 18.0. The van der Waals surface area contributed by atoms with E-state index in [1.54, 1.807) is 60.7 Å². The van der Waals surface area contributed by atoms with Crippen LogP contribution in [0.4, 0.5) is 18.9 Å². The van der Waals surface area contributed by atoms with E-state index in [9.17, 15) is 22.5 Å². The number of carbonyl (C=O) groups excluding carboxylic acids is 1. The summed E-state index contributed by atoms with van der Waals surface area (Å²) in [5.41, 5.74) is -0.721. The zero-order valence-corrected chi connectivity index (χ0v) is 19.6. The first-order chi connectivity index (χ1) is 16.7. The Morgan fingerprint density at radius 3 is 1.86 bits per heavy atom. The van der Waals surface area contributed by atoms with E-state index in [4.69, 9.17) is 16.1 Å². The quantitative estimate of drug-likeness (QED) is 0.284. The first-order valence-electron chi connectivity index (χ1n) is 10.4. The van der Waals surface area contributed by atoms with Crippen LogP contribution in [0.5, 0.6) is 5.75 Å². The highest BCUT2D eigenvalue weighted by atomic mass is 35.5. The van der Waals surface area contributed by atoms with Crippen LogP contribution in [0.1, 0.15) is 15.9 Å². The maximum atomic E-state index is 14.2. The molecular weight excluding hydrogens is 498 g/mol. The van der Waals surface area contributed by atoms with E-state index in [1.807, 2.05) is 0 Å². The molecule has 9 heteroatoms. The van der Waals surface area contributed by atoms with Crippen molar-refractivity contribution in [3.8, 4) is 5.75 Å². The lowest BCUT2D eigenvalue weighted by molar-refractivity contribution is -0.137. The lowest BCUT2D eigenvalue weighted by atomic mass is 10.1. The molecule has 0 saturated heterocycles. The Bertz CT molecular complexity index is 1340. The molecule has 35 heavy (non-hydrogen) atoms. The summed E-state index contributed by atoms with van der Waals surface area (Å²) in [7, 11) is -3.68. The predicted molar refractivity (Wildman–Crippen MR) is 131 cm³/mol. The number of hydrogen-bond acceptors (Lipinski definition) is 3. The second-order valence-electron chi connectivity index (χ2n) is 7.48. The van der Waals surface area contributed by atoms with Crippen LogP contribution >= 0.6 is 19.0 Å². The van der Waals surface area contributed by atoms with Gasteiger partial charge in [-0.1, -0.05) is 48.0 Å². The minimum atomic E-state index is -4.49. The largest absolute Gasteiger partial charge is 0.436 e. The Balaban J connectivity index is 1.70. The molecule has 0 aliphatic heterocycles. The average Bonchev–Trinajstić information content (AvgIpc) is 2.86. The monoisotopic (exact) mass is 515 g/mol. The fraction of sp³-hybridized carbons (Fsp3) is 0.0385. The second kappa shape index (κ2) is 9.98. The summed E-state index contributed by atoms with van der Waals surface area (Å²) in [6.07, 6.45) is -4.49. The van der Waals surface area contributed by atoms with Crippen LogP contribution in [-0.2, 0) is 10.7 Å². The Hall–Kier alpha value is -3.54. The summed E-state index contributed by atoms with van der Waals surface area (Å²) >= 11 is 6.11. The molecule has 0 saturated carbocycles. The Morgan fingerprint density at radius 2 is 1.34 bits per heavy atom. The van der Waals surface area contributed by atoms with E-state index >= 15 is 0 Å². The predicted octanol–water partition coefficient (Wildman–Crippen LogP) is 6.92. The van der Waals surface area contributed by atoms with Crippen LogP contribution in [0.25, 0.3) is 0 Å². The van der Waals surface area contributed by atoms with E-state index < -0.39 is 25.0 Å². The Kier molecular flexibility index (Phi) is 7.01. The molecule has 0 aliphatic rings. The number of amides is 1. The van der Waals surface area contributed by atoms with Gasteiger partial charge >= 0.3 is 13.5 Å². The third-order valence-corrected chi connectivity index (χ3v) is 7.72. The molecule has 1 amide bonds. The molecule has 0 heterocycles. The van der Waals surface area contributed by atoms with Gasteiger partial charge in [-0.2, -0.15) is 13.2 Å². The van der Waals surface area contributed by atoms with Gasteiger partial charge in [0, 0.05) is 10.7 Å². The molecule has 0 atom stereocenters. The minimum absolute atomic E-state index is 0.00912. The minimum Gasteiger partial charge on any atom is -0.436 e. The SMILES string of the molecule is O=C(Nc1ccc(C(F)(F)F)cc1)c1cc(Cl)ccc1OP(=O)(c1ccccc1)c1ccccc1. The van der Waals surface area contributed by atoms with Gasteiger partial charge in [-0.25, -0.2) is 0 Å². The highest BCUT2D eigenvalue weighted by Crippen LogP contribution is 2.46. The van der Waals surface area contributed by atoms with Crippen LogP contribution in [-0.4, -0.2) is 5.91 Å². The van der Waals surface area contributed by atoms with Crippen molar-refractivity contribution in [3.63, 3.8) is 0 Å². The first kappa shape index (κ1) is 24.6. The Labute approximate surface area is 204 Å². The van der Waals surface area contributed by atoms with E-state index in [2.05, 4.69) is 5.32 Å². The van der Waals surface area contributed by atoms with Gasteiger partial charge in [-0.05, 0) is 66.7 Å².